The molecule has 1 unspecified atom stereocenters. The van der Waals surface area contributed by atoms with Gasteiger partial charge in [-0.3, -0.25) is 0 Å². The summed E-state index contributed by atoms with van der Waals surface area (Å²) in [6, 6.07) is 10.3. The first-order valence-corrected chi connectivity index (χ1v) is 5.33. The molecule has 0 aliphatic rings. The Balaban J connectivity index is 2.66. The van der Waals surface area contributed by atoms with Crippen molar-refractivity contribution >= 4 is 22.1 Å². The maximum Gasteiger partial charge on any atom is 0.145 e. The summed E-state index contributed by atoms with van der Waals surface area (Å²) in [5, 5.41) is 0. The largest absolute Gasteiger partial charge is 0.427 e. The summed E-state index contributed by atoms with van der Waals surface area (Å²) in [6.45, 7) is 0.750. The second-order valence-electron chi connectivity index (χ2n) is 2.72. The fourth-order valence-corrected chi connectivity index (χ4v) is 1.83. The zero-order chi connectivity index (χ0) is 8.81. The molecule has 0 amide bonds. The predicted molar refractivity (Wildman–Crippen MR) is 55.8 cm³/mol. The molecular formula is C9H13ClOSi. The third-order valence-corrected chi connectivity index (χ3v) is 2.53. The molecule has 0 aliphatic heterocycles. The van der Waals surface area contributed by atoms with Crippen molar-refractivity contribution in [1.29, 1.82) is 0 Å². The van der Waals surface area contributed by atoms with Gasteiger partial charge < -0.3 is 4.43 Å². The van der Waals surface area contributed by atoms with Crippen LogP contribution in [0.5, 0.6) is 0 Å². The van der Waals surface area contributed by atoms with Crippen molar-refractivity contribution in [2.45, 2.75) is 5.92 Å². The molecule has 0 fully saturated rings. The van der Waals surface area contributed by atoms with Crippen LogP contribution >= 0.6 is 11.6 Å². The summed E-state index contributed by atoms with van der Waals surface area (Å²) in [5.41, 5.74) is 1.27. The van der Waals surface area contributed by atoms with Gasteiger partial charge in [-0.25, -0.2) is 0 Å². The molecule has 1 aromatic carbocycles. The zero-order valence-electron chi connectivity index (χ0n) is 7.16. The van der Waals surface area contributed by atoms with Gasteiger partial charge in [0.1, 0.15) is 10.5 Å². The van der Waals surface area contributed by atoms with E-state index in [1.807, 2.05) is 18.2 Å². The monoisotopic (exact) mass is 200 g/mol. The topological polar surface area (TPSA) is 9.23 Å². The van der Waals surface area contributed by atoms with Crippen LogP contribution in [0.4, 0.5) is 0 Å². The molecule has 0 bridgehead atoms. The van der Waals surface area contributed by atoms with Crippen molar-refractivity contribution in [2.75, 3.05) is 12.5 Å². The molecule has 0 N–H and O–H groups in total. The van der Waals surface area contributed by atoms with E-state index in [1.165, 1.54) is 5.56 Å². The van der Waals surface area contributed by atoms with E-state index in [2.05, 4.69) is 12.1 Å². The second-order valence-corrected chi connectivity index (χ2v) is 3.60. The first-order valence-electron chi connectivity index (χ1n) is 3.98. The Kier molecular flexibility index (Phi) is 4.36. The van der Waals surface area contributed by atoms with Gasteiger partial charge in [-0.05, 0) is 5.56 Å². The smallest absolute Gasteiger partial charge is 0.145 e. The standard InChI is InChI=1S/C9H13ClOSi/c10-6-9(7-11-12)8-4-2-1-3-5-8/h1-5,9H,6-7H2,12H3. The molecule has 1 nitrogen and oxygen atoms in total. The van der Waals surface area contributed by atoms with E-state index in [0.29, 0.717) is 11.8 Å². The summed E-state index contributed by atoms with van der Waals surface area (Å²) in [5.74, 6) is 0.983. The van der Waals surface area contributed by atoms with E-state index in [1.54, 1.807) is 0 Å². The maximum atomic E-state index is 5.82. The van der Waals surface area contributed by atoms with Crippen LogP contribution in [-0.2, 0) is 4.43 Å². The Bertz CT molecular complexity index is 215. The first-order chi connectivity index (χ1) is 5.88. The van der Waals surface area contributed by atoms with Crippen molar-refractivity contribution in [2.24, 2.45) is 0 Å². The fraction of sp³-hybridized carbons (Fsp3) is 0.333. The van der Waals surface area contributed by atoms with Crippen LogP contribution in [0.1, 0.15) is 11.5 Å². The van der Waals surface area contributed by atoms with E-state index in [-0.39, 0.29) is 0 Å². The predicted octanol–water partition coefficient (Wildman–Crippen LogP) is 1.31. The van der Waals surface area contributed by atoms with Crippen LogP contribution in [0, 0.1) is 0 Å². The number of hydrogen-bond acceptors (Lipinski definition) is 1. The molecule has 0 saturated heterocycles. The summed E-state index contributed by atoms with van der Waals surface area (Å²) < 4.78 is 5.20. The number of hydrogen-bond donors (Lipinski definition) is 0. The Hall–Kier alpha value is -0.313. The van der Waals surface area contributed by atoms with Crippen LogP contribution in [0.2, 0.25) is 0 Å². The maximum absolute atomic E-state index is 5.82. The molecule has 12 heavy (non-hydrogen) atoms. The minimum Gasteiger partial charge on any atom is -0.427 e. The quantitative estimate of drug-likeness (QED) is 0.526. The van der Waals surface area contributed by atoms with Crippen LogP contribution in [0.15, 0.2) is 30.3 Å². The molecule has 0 heterocycles. The highest BCUT2D eigenvalue weighted by Gasteiger charge is 2.07. The number of alkyl halides is 1. The number of benzene rings is 1. The lowest BCUT2D eigenvalue weighted by Crippen LogP contribution is -2.07. The van der Waals surface area contributed by atoms with Gasteiger partial charge in [0.2, 0.25) is 0 Å². The number of halogens is 1. The molecule has 0 radical (unpaired) electrons. The molecular weight excluding hydrogens is 188 g/mol. The van der Waals surface area contributed by atoms with E-state index < -0.39 is 0 Å². The molecule has 3 heteroatoms. The third kappa shape index (κ3) is 2.63. The van der Waals surface area contributed by atoms with E-state index >= 15 is 0 Å². The highest BCUT2D eigenvalue weighted by molar-refractivity contribution is 6.18. The van der Waals surface area contributed by atoms with Gasteiger partial charge in [0.15, 0.2) is 0 Å². The van der Waals surface area contributed by atoms with E-state index in [9.17, 15) is 0 Å². The zero-order valence-corrected chi connectivity index (χ0v) is 9.92. The lowest BCUT2D eigenvalue weighted by atomic mass is 10.0. The van der Waals surface area contributed by atoms with Gasteiger partial charge in [-0.2, -0.15) is 0 Å². The van der Waals surface area contributed by atoms with Crippen LogP contribution in [-0.4, -0.2) is 23.0 Å². The van der Waals surface area contributed by atoms with Gasteiger partial charge >= 0.3 is 0 Å². The third-order valence-electron chi connectivity index (χ3n) is 1.83. The Labute approximate surface area is 81.2 Å². The first kappa shape index (κ1) is 9.77. The van der Waals surface area contributed by atoms with Crippen molar-refractivity contribution in [3.63, 3.8) is 0 Å². The van der Waals surface area contributed by atoms with Gasteiger partial charge in [0, 0.05) is 18.4 Å². The second kappa shape index (κ2) is 5.35. The average molecular weight is 201 g/mol. The van der Waals surface area contributed by atoms with Crippen molar-refractivity contribution in [3.05, 3.63) is 35.9 Å². The highest BCUT2D eigenvalue weighted by Crippen LogP contribution is 2.16. The van der Waals surface area contributed by atoms with Crippen molar-refractivity contribution < 1.29 is 4.43 Å². The molecule has 1 aromatic rings. The van der Waals surface area contributed by atoms with Gasteiger partial charge in [0.25, 0.3) is 0 Å². The van der Waals surface area contributed by atoms with Gasteiger partial charge in [-0.15, -0.1) is 11.6 Å². The molecule has 66 valence electrons. The van der Waals surface area contributed by atoms with E-state index in [0.717, 1.165) is 17.1 Å². The Morgan fingerprint density at radius 2 is 2.00 bits per heavy atom. The van der Waals surface area contributed by atoms with Gasteiger partial charge in [0.05, 0.1) is 0 Å². The lowest BCUT2D eigenvalue weighted by molar-refractivity contribution is 0.325. The molecule has 1 rings (SSSR count). The molecule has 0 saturated carbocycles. The van der Waals surface area contributed by atoms with Crippen molar-refractivity contribution in [1.82, 2.24) is 0 Å². The summed E-state index contributed by atoms with van der Waals surface area (Å²) in [7, 11) is 0.784. The summed E-state index contributed by atoms with van der Waals surface area (Å²) in [6.07, 6.45) is 0. The lowest BCUT2D eigenvalue weighted by Gasteiger charge is -2.12. The van der Waals surface area contributed by atoms with Crippen LogP contribution in [0.25, 0.3) is 0 Å². The molecule has 0 aliphatic carbocycles. The average Bonchev–Trinajstić information content (AvgIpc) is 2.15. The van der Waals surface area contributed by atoms with Crippen molar-refractivity contribution in [3.8, 4) is 0 Å². The minimum atomic E-state index is 0.352. The highest BCUT2D eigenvalue weighted by atomic mass is 35.5. The molecule has 1 atom stereocenters. The molecule has 0 spiro atoms. The summed E-state index contributed by atoms with van der Waals surface area (Å²) >= 11 is 5.82. The Morgan fingerprint density at radius 3 is 2.50 bits per heavy atom. The SMILES string of the molecule is [SiH3]OCC(CCl)c1ccccc1. The Morgan fingerprint density at radius 1 is 1.33 bits per heavy atom. The minimum absolute atomic E-state index is 0.352. The normalized spacial score (nSPS) is 13.1. The molecule has 0 aromatic heterocycles. The van der Waals surface area contributed by atoms with E-state index in [4.69, 9.17) is 16.0 Å². The van der Waals surface area contributed by atoms with Gasteiger partial charge in [-0.1, -0.05) is 30.3 Å². The number of rotatable bonds is 4. The fourth-order valence-electron chi connectivity index (χ4n) is 1.16. The van der Waals surface area contributed by atoms with Crippen LogP contribution in [0.3, 0.4) is 0 Å². The van der Waals surface area contributed by atoms with Crippen LogP contribution < -0.4 is 0 Å². The summed E-state index contributed by atoms with van der Waals surface area (Å²) in [4.78, 5) is 0.